The minimum Gasteiger partial charge on any atom is -0.394 e. The molecule has 7 heteroatoms. The van der Waals surface area contributed by atoms with E-state index >= 15 is 0 Å². The summed E-state index contributed by atoms with van der Waals surface area (Å²) in [4.78, 5) is 22.5. The molecule has 0 aliphatic carbocycles. The predicted octanol–water partition coefficient (Wildman–Crippen LogP) is -3.05. The smallest absolute Gasteiger partial charge is 0.226 e. The summed E-state index contributed by atoms with van der Waals surface area (Å²) in [5.74, 6) is -1.19. The molecule has 0 aromatic heterocycles. The lowest BCUT2D eigenvalue weighted by atomic mass is 10.0. The summed E-state index contributed by atoms with van der Waals surface area (Å²) in [6.07, 6.45) is 0.0875. The molecule has 1 fully saturated rings. The lowest BCUT2D eigenvalue weighted by Gasteiger charge is -2.29. The molecular formula is C9H16N2O5. The third-order valence-electron chi connectivity index (χ3n) is 2.64. The minimum absolute atomic E-state index is 0.0875. The molecule has 0 bridgehead atoms. The Morgan fingerprint density at radius 3 is 2.31 bits per heavy atom. The fourth-order valence-electron chi connectivity index (χ4n) is 1.42. The van der Waals surface area contributed by atoms with Crippen LogP contribution >= 0.6 is 0 Å². The molecule has 2 amide bonds. The van der Waals surface area contributed by atoms with Crippen molar-refractivity contribution in [3.05, 3.63) is 0 Å². The van der Waals surface area contributed by atoms with Gasteiger partial charge in [0.2, 0.25) is 11.8 Å². The van der Waals surface area contributed by atoms with Crippen LogP contribution < -0.4 is 10.6 Å². The second-order valence-electron chi connectivity index (χ2n) is 3.95. The van der Waals surface area contributed by atoms with E-state index in [4.69, 9.17) is 15.3 Å². The second kappa shape index (κ2) is 5.24. The van der Waals surface area contributed by atoms with E-state index in [1.54, 1.807) is 0 Å². The van der Waals surface area contributed by atoms with Gasteiger partial charge in [0.05, 0.1) is 25.7 Å². The highest BCUT2D eigenvalue weighted by Gasteiger charge is 2.35. The molecule has 0 spiro atoms. The van der Waals surface area contributed by atoms with E-state index in [2.05, 4.69) is 10.6 Å². The highest BCUT2D eigenvalue weighted by Crippen LogP contribution is 2.11. The number of nitrogens with one attached hydrogen (secondary N) is 2. The third-order valence-corrected chi connectivity index (χ3v) is 2.64. The zero-order chi connectivity index (χ0) is 12.2. The quantitative estimate of drug-likeness (QED) is 0.345. The van der Waals surface area contributed by atoms with Crippen LogP contribution in [-0.2, 0) is 9.59 Å². The first kappa shape index (κ1) is 12.9. The number of aliphatic hydroxyl groups is 3. The van der Waals surface area contributed by atoms with E-state index in [1.807, 2.05) is 0 Å². The molecule has 0 aromatic carbocycles. The van der Waals surface area contributed by atoms with E-state index in [-0.39, 0.29) is 18.9 Å². The zero-order valence-electron chi connectivity index (χ0n) is 8.77. The average Bonchev–Trinajstić information content (AvgIpc) is 2.73. The van der Waals surface area contributed by atoms with Gasteiger partial charge in [-0.2, -0.15) is 0 Å². The summed E-state index contributed by atoms with van der Waals surface area (Å²) >= 11 is 0. The normalized spacial score (nSPS) is 20.7. The molecule has 1 heterocycles. The topological polar surface area (TPSA) is 119 Å². The molecule has 1 aliphatic heterocycles. The molecule has 1 saturated heterocycles. The molecule has 0 aromatic rings. The van der Waals surface area contributed by atoms with Gasteiger partial charge < -0.3 is 26.0 Å². The summed E-state index contributed by atoms with van der Waals surface area (Å²) < 4.78 is 0. The van der Waals surface area contributed by atoms with Crippen LogP contribution in [0.25, 0.3) is 0 Å². The Balaban J connectivity index is 2.58. The number of hydrogen-bond donors (Lipinski definition) is 5. The minimum atomic E-state index is -1.43. The van der Waals surface area contributed by atoms with Gasteiger partial charge in [-0.15, -0.1) is 0 Å². The molecule has 16 heavy (non-hydrogen) atoms. The van der Waals surface area contributed by atoms with Crippen molar-refractivity contribution in [3.8, 4) is 0 Å². The SMILES string of the molecule is O=C1CC(C(=O)NC(CO)(CO)CO)CN1. The van der Waals surface area contributed by atoms with Crippen molar-refractivity contribution in [3.63, 3.8) is 0 Å². The lowest BCUT2D eigenvalue weighted by Crippen LogP contribution is -2.58. The van der Waals surface area contributed by atoms with Gasteiger partial charge in [0, 0.05) is 13.0 Å². The van der Waals surface area contributed by atoms with Crippen LogP contribution in [0.5, 0.6) is 0 Å². The maximum absolute atomic E-state index is 11.6. The van der Waals surface area contributed by atoms with Crippen LogP contribution in [0.3, 0.4) is 0 Å². The fraction of sp³-hybridized carbons (Fsp3) is 0.778. The average molecular weight is 232 g/mol. The molecule has 1 rings (SSSR count). The number of carbonyl (C=O) groups is 2. The Kier molecular flexibility index (Phi) is 4.22. The van der Waals surface area contributed by atoms with E-state index in [0.717, 1.165) is 0 Å². The van der Waals surface area contributed by atoms with Crippen LogP contribution in [-0.4, -0.2) is 59.0 Å². The molecular weight excluding hydrogens is 216 g/mol. The van der Waals surface area contributed by atoms with Crippen LogP contribution in [0.2, 0.25) is 0 Å². The van der Waals surface area contributed by atoms with Gasteiger partial charge in [0.25, 0.3) is 0 Å². The van der Waals surface area contributed by atoms with Crippen LogP contribution in [0.15, 0.2) is 0 Å². The van der Waals surface area contributed by atoms with Crippen molar-refractivity contribution < 1.29 is 24.9 Å². The largest absolute Gasteiger partial charge is 0.394 e. The number of aliphatic hydroxyl groups excluding tert-OH is 3. The van der Waals surface area contributed by atoms with Gasteiger partial charge in [-0.25, -0.2) is 0 Å². The Morgan fingerprint density at radius 2 is 1.94 bits per heavy atom. The van der Waals surface area contributed by atoms with E-state index in [9.17, 15) is 9.59 Å². The molecule has 0 saturated carbocycles. The van der Waals surface area contributed by atoms with Crippen molar-refractivity contribution in [2.75, 3.05) is 26.4 Å². The molecule has 1 unspecified atom stereocenters. The van der Waals surface area contributed by atoms with Gasteiger partial charge in [-0.1, -0.05) is 0 Å². The molecule has 1 atom stereocenters. The summed E-state index contributed by atoms with van der Waals surface area (Å²) in [7, 11) is 0. The molecule has 7 nitrogen and oxygen atoms in total. The van der Waals surface area contributed by atoms with E-state index in [1.165, 1.54) is 0 Å². The molecule has 92 valence electrons. The van der Waals surface area contributed by atoms with Gasteiger partial charge in [0.1, 0.15) is 5.54 Å². The summed E-state index contributed by atoms with van der Waals surface area (Å²) in [6, 6.07) is 0. The van der Waals surface area contributed by atoms with E-state index < -0.39 is 37.2 Å². The van der Waals surface area contributed by atoms with Gasteiger partial charge in [0.15, 0.2) is 0 Å². The van der Waals surface area contributed by atoms with E-state index in [0.29, 0.717) is 0 Å². The van der Waals surface area contributed by atoms with Crippen LogP contribution in [0.1, 0.15) is 6.42 Å². The number of hydrogen-bond acceptors (Lipinski definition) is 5. The Bertz CT molecular complexity index is 269. The van der Waals surface area contributed by atoms with Gasteiger partial charge in [-0.3, -0.25) is 9.59 Å². The maximum Gasteiger partial charge on any atom is 0.226 e. The monoisotopic (exact) mass is 232 g/mol. The van der Waals surface area contributed by atoms with Crippen molar-refractivity contribution in [2.45, 2.75) is 12.0 Å². The van der Waals surface area contributed by atoms with Crippen LogP contribution in [0, 0.1) is 5.92 Å². The van der Waals surface area contributed by atoms with Crippen LogP contribution in [0.4, 0.5) is 0 Å². The van der Waals surface area contributed by atoms with Gasteiger partial charge in [-0.05, 0) is 0 Å². The van der Waals surface area contributed by atoms with Crippen molar-refractivity contribution >= 4 is 11.8 Å². The zero-order valence-corrected chi connectivity index (χ0v) is 8.77. The highest BCUT2D eigenvalue weighted by atomic mass is 16.3. The molecule has 5 N–H and O–H groups in total. The summed E-state index contributed by atoms with van der Waals surface area (Å²) in [5.41, 5.74) is -1.43. The fourth-order valence-corrected chi connectivity index (χ4v) is 1.42. The number of carbonyl (C=O) groups excluding carboxylic acids is 2. The Hall–Kier alpha value is -1.18. The third kappa shape index (κ3) is 2.69. The number of amides is 2. The second-order valence-corrected chi connectivity index (χ2v) is 3.95. The predicted molar refractivity (Wildman–Crippen MR) is 53.2 cm³/mol. The molecule has 1 aliphatic rings. The Labute approximate surface area is 92.5 Å². The van der Waals surface area contributed by atoms with Crippen molar-refractivity contribution in [2.24, 2.45) is 5.92 Å². The standard InChI is InChI=1S/C9H16N2O5/c12-3-9(4-13,5-14)11-8(16)6-1-7(15)10-2-6/h6,12-14H,1-5H2,(H,10,15)(H,11,16). The van der Waals surface area contributed by atoms with Crippen molar-refractivity contribution in [1.82, 2.24) is 10.6 Å². The first-order valence-electron chi connectivity index (χ1n) is 4.98. The first-order valence-corrected chi connectivity index (χ1v) is 4.98. The summed E-state index contributed by atoms with van der Waals surface area (Å²) in [5, 5.41) is 31.9. The summed E-state index contributed by atoms with van der Waals surface area (Å²) in [6.45, 7) is -1.47. The first-order chi connectivity index (χ1) is 7.56. The number of rotatable bonds is 5. The lowest BCUT2D eigenvalue weighted by molar-refractivity contribution is -0.130. The van der Waals surface area contributed by atoms with Crippen molar-refractivity contribution in [1.29, 1.82) is 0 Å². The highest BCUT2D eigenvalue weighted by molar-refractivity contribution is 5.89. The maximum atomic E-state index is 11.6. The Morgan fingerprint density at radius 1 is 1.38 bits per heavy atom. The molecule has 0 radical (unpaired) electrons. The van der Waals surface area contributed by atoms with Gasteiger partial charge >= 0.3 is 0 Å².